The van der Waals surface area contributed by atoms with Gasteiger partial charge >= 0.3 is 24.3 Å². The second-order valence-electron chi connectivity index (χ2n) is 9.62. The molecule has 2 aliphatic heterocycles. The van der Waals surface area contributed by atoms with Crippen molar-refractivity contribution in [3.05, 3.63) is 53.5 Å². The molecule has 0 atom stereocenters. The number of piperidine rings is 1. The third-order valence-electron chi connectivity index (χ3n) is 6.47. The molecule has 0 aliphatic carbocycles. The molecule has 1 amide bonds. The van der Waals surface area contributed by atoms with Crippen molar-refractivity contribution >= 4 is 28.7 Å². The van der Waals surface area contributed by atoms with Gasteiger partial charge in [-0.25, -0.2) is 19.3 Å². The largest absolute Gasteiger partial charge is 0.490 e. The molecule has 0 radical (unpaired) electrons. The van der Waals surface area contributed by atoms with Crippen LogP contribution in [0, 0.1) is 0 Å². The highest BCUT2D eigenvalue weighted by molar-refractivity contribution is 5.94. The molecule has 0 bridgehead atoms. The molecule has 0 spiro atoms. The van der Waals surface area contributed by atoms with E-state index in [9.17, 15) is 31.1 Å². The normalized spacial score (nSPS) is 15.7. The van der Waals surface area contributed by atoms with Gasteiger partial charge in [-0.05, 0) is 44.5 Å². The maximum absolute atomic E-state index is 13.2. The summed E-state index contributed by atoms with van der Waals surface area (Å²) in [4.78, 5) is 40.0. The smallest absolute Gasteiger partial charge is 0.475 e. The molecule has 2 aromatic heterocycles. The molecule has 1 fully saturated rings. The standard InChI is InChI=1S/C22H26N6O.2C2HF3O2/c29-22(19-10-9-17-7-2-3-8-18(17)23-19)27-13-6-14-28-21(16-27)20(24-25-28)15-26-11-4-1-5-12-26;2*3-2(4,5)1(6)7/h2-3,7-10H,1,4-6,11-16H2;2*(H,6,7). The summed E-state index contributed by atoms with van der Waals surface area (Å²) in [6, 6.07) is 11.7. The van der Waals surface area contributed by atoms with Crippen LogP contribution in [0.25, 0.3) is 10.9 Å². The molecule has 2 N–H and O–H groups in total. The van der Waals surface area contributed by atoms with Crippen LogP contribution in [0.4, 0.5) is 26.3 Å². The number of rotatable bonds is 3. The van der Waals surface area contributed by atoms with Crippen molar-refractivity contribution in [2.45, 2.75) is 57.7 Å². The number of aryl methyl sites for hydroxylation is 1. The fourth-order valence-electron chi connectivity index (χ4n) is 4.37. The number of halogens is 6. The first-order chi connectivity index (χ1) is 20.2. The average Bonchev–Trinajstić information content (AvgIpc) is 3.18. The van der Waals surface area contributed by atoms with Gasteiger partial charge in [0.25, 0.3) is 5.91 Å². The van der Waals surface area contributed by atoms with Crippen LogP contribution < -0.4 is 0 Å². The Morgan fingerprint density at radius 3 is 2.00 bits per heavy atom. The van der Waals surface area contributed by atoms with Gasteiger partial charge in [0.2, 0.25) is 0 Å². The lowest BCUT2D eigenvalue weighted by Crippen LogP contribution is -2.33. The fraction of sp³-hybridized carbons (Fsp3) is 0.462. The number of carboxylic acids is 2. The van der Waals surface area contributed by atoms with Crippen molar-refractivity contribution in [2.75, 3.05) is 19.6 Å². The van der Waals surface area contributed by atoms with Crippen LogP contribution >= 0.6 is 0 Å². The van der Waals surface area contributed by atoms with E-state index < -0.39 is 24.3 Å². The lowest BCUT2D eigenvalue weighted by atomic mass is 10.1. The number of alkyl halides is 6. The number of para-hydroxylation sites is 1. The maximum atomic E-state index is 13.2. The number of carboxylic acid groups (broad SMARTS) is 2. The van der Waals surface area contributed by atoms with Crippen LogP contribution in [-0.2, 0) is 29.2 Å². The molecule has 5 rings (SSSR count). The zero-order chi connectivity index (χ0) is 31.8. The first kappa shape index (κ1) is 33.2. The lowest BCUT2D eigenvalue weighted by molar-refractivity contribution is -0.193. The number of pyridine rings is 1. The molecular formula is C26H28F6N6O5. The number of aromatic nitrogens is 4. The van der Waals surface area contributed by atoms with Gasteiger partial charge in [0.05, 0.1) is 17.8 Å². The van der Waals surface area contributed by atoms with Gasteiger partial charge < -0.3 is 15.1 Å². The third kappa shape index (κ3) is 9.62. The highest BCUT2D eigenvalue weighted by Gasteiger charge is 2.39. The van der Waals surface area contributed by atoms with Crippen molar-refractivity contribution in [3.8, 4) is 0 Å². The number of benzene rings is 1. The Kier molecular flexibility index (Phi) is 11.0. The van der Waals surface area contributed by atoms with Gasteiger partial charge in [0.15, 0.2) is 0 Å². The Morgan fingerprint density at radius 2 is 1.40 bits per heavy atom. The molecule has 0 saturated carbocycles. The Morgan fingerprint density at radius 1 is 0.791 bits per heavy atom. The number of hydrogen-bond donors (Lipinski definition) is 2. The summed E-state index contributed by atoms with van der Waals surface area (Å²) < 4.78 is 65.5. The minimum Gasteiger partial charge on any atom is -0.475 e. The number of aliphatic carboxylic acids is 2. The zero-order valence-electron chi connectivity index (χ0n) is 22.6. The second-order valence-corrected chi connectivity index (χ2v) is 9.62. The molecule has 1 saturated heterocycles. The van der Waals surface area contributed by atoms with Crippen molar-refractivity contribution < 1.29 is 50.9 Å². The molecular weight excluding hydrogens is 590 g/mol. The van der Waals surface area contributed by atoms with Crippen molar-refractivity contribution in [3.63, 3.8) is 0 Å². The van der Waals surface area contributed by atoms with E-state index in [1.165, 1.54) is 19.3 Å². The Hall–Kier alpha value is -4.28. The summed E-state index contributed by atoms with van der Waals surface area (Å²) in [7, 11) is 0. The number of nitrogens with zero attached hydrogens (tertiary/aromatic N) is 6. The predicted octanol–water partition coefficient (Wildman–Crippen LogP) is 4.12. The second kappa shape index (κ2) is 14.3. The summed E-state index contributed by atoms with van der Waals surface area (Å²) in [5.41, 5.74) is 3.44. The Bertz CT molecular complexity index is 1400. The van der Waals surface area contributed by atoms with Gasteiger partial charge in [-0.3, -0.25) is 9.69 Å². The number of carbonyl (C=O) groups excluding carboxylic acids is 1. The quantitative estimate of drug-likeness (QED) is 0.415. The molecule has 2 aliphatic rings. The molecule has 11 nitrogen and oxygen atoms in total. The number of hydrogen-bond acceptors (Lipinski definition) is 7. The highest BCUT2D eigenvalue weighted by atomic mass is 19.4. The summed E-state index contributed by atoms with van der Waals surface area (Å²) in [6.07, 6.45) is -5.47. The van der Waals surface area contributed by atoms with E-state index in [1.807, 2.05) is 46.0 Å². The Labute approximate surface area is 240 Å². The van der Waals surface area contributed by atoms with Crippen LogP contribution in [-0.4, -0.2) is 89.8 Å². The number of carbonyl (C=O) groups is 3. The predicted molar refractivity (Wildman–Crippen MR) is 138 cm³/mol. The Balaban J connectivity index is 0.000000303. The van der Waals surface area contributed by atoms with E-state index in [0.29, 0.717) is 18.8 Å². The molecule has 17 heteroatoms. The maximum Gasteiger partial charge on any atom is 0.490 e. The third-order valence-corrected chi connectivity index (χ3v) is 6.47. The first-order valence-corrected chi connectivity index (χ1v) is 13.1. The number of likely N-dealkylation sites (tertiary alicyclic amines) is 1. The van der Waals surface area contributed by atoms with Crippen molar-refractivity contribution in [2.24, 2.45) is 0 Å². The SMILES string of the molecule is O=C(O)C(F)(F)F.O=C(O)C(F)(F)F.O=C(c1ccc2ccccc2n1)N1CCCn2nnc(CN3CCCCC3)c2C1. The lowest BCUT2D eigenvalue weighted by Gasteiger charge is -2.26. The van der Waals surface area contributed by atoms with E-state index >= 15 is 0 Å². The fourth-order valence-corrected chi connectivity index (χ4v) is 4.37. The number of fused-ring (bicyclic) bond motifs is 2. The monoisotopic (exact) mass is 618 g/mol. The first-order valence-electron chi connectivity index (χ1n) is 13.1. The van der Waals surface area contributed by atoms with Gasteiger partial charge in [-0.15, -0.1) is 5.10 Å². The van der Waals surface area contributed by atoms with E-state index in [4.69, 9.17) is 19.8 Å². The van der Waals surface area contributed by atoms with Crippen LogP contribution in [0.2, 0.25) is 0 Å². The molecule has 234 valence electrons. The zero-order valence-corrected chi connectivity index (χ0v) is 22.6. The van der Waals surface area contributed by atoms with E-state index in [1.54, 1.807) is 0 Å². The van der Waals surface area contributed by atoms with E-state index in [2.05, 4.69) is 20.2 Å². The summed E-state index contributed by atoms with van der Waals surface area (Å²) in [5, 5.41) is 24.1. The minimum absolute atomic E-state index is 0.0191. The molecule has 1 aromatic carbocycles. The average molecular weight is 619 g/mol. The van der Waals surface area contributed by atoms with Crippen molar-refractivity contribution in [1.82, 2.24) is 29.8 Å². The van der Waals surface area contributed by atoms with Gasteiger partial charge in [0, 0.05) is 25.0 Å². The molecule has 4 heterocycles. The summed E-state index contributed by atoms with van der Waals surface area (Å²) in [5.74, 6) is -5.53. The molecule has 3 aromatic rings. The van der Waals surface area contributed by atoms with Gasteiger partial charge in [0.1, 0.15) is 11.4 Å². The number of amides is 1. The molecule has 0 unspecified atom stereocenters. The van der Waals surface area contributed by atoms with Gasteiger partial charge in [-0.2, -0.15) is 26.3 Å². The van der Waals surface area contributed by atoms with Gasteiger partial charge in [-0.1, -0.05) is 35.9 Å². The molecule has 43 heavy (non-hydrogen) atoms. The van der Waals surface area contributed by atoms with Crippen LogP contribution in [0.15, 0.2) is 36.4 Å². The summed E-state index contributed by atoms with van der Waals surface area (Å²) >= 11 is 0. The van der Waals surface area contributed by atoms with Crippen LogP contribution in [0.3, 0.4) is 0 Å². The summed E-state index contributed by atoms with van der Waals surface area (Å²) in [6.45, 7) is 5.12. The minimum atomic E-state index is -5.08. The van der Waals surface area contributed by atoms with Crippen LogP contribution in [0.1, 0.15) is 47.6 Å². The van der Waals surface area contributed by atoms with E-state index in [-0.39, 0.29) is 5.91 Å². The van der Waals surface area contributed by atoms with E-state index in [0.717, 1.165) is 54.9 Å². The van der Waals surface area contributed by atoms with Crippen LogP contribution in [0.5, 0.6) is 0 Å². The van der Waals surface area contributed by atoms with Crippen molar-refractivity contribution in [1.29, 1.82) is 0 Å². The highest BCUT2D eigenvalue weighted by Crippen LogP contribution is 2.21. The topological polar surface area (TPSA) is 142 Å².